The SMILES string of the molecule is Cc1c(CN(CC2CCNCC2)C2CC2)cnn1C. The molecular weight excluding hydrogens is 236 g/mol. The van der Waals surface area contributed by atoms with Gasteiger partial charge in [0.25, 0.3) is 0 Å². The molecule has 0 unspecified atom stereocenters. The Balaban J connectivity index is 1.62. The number of piperidine rings is 1. The molecule has 1 saturated carbocycles. The van der Waals surface area contributed by atoms with Gasteiger partial charge in [-0.05, 0) is 51.6 Å². The number of nitrogens with one attached hydrogen (secondary N) is 1. The van der Waals surface area contributed by atoms with E-state index in [1.807, 2.05) is 17.9 Å². The van der Waals surface area contributed by atoms with Crippen molar-refractivity contribution in [1.82, 2.24) is 20.0 Å². The van der Waals surface area contributed by atoms with E-state index in [1.54, 1.807) is 0 Å². The molecule has 0 atom stereocenters. The van der Waals surface area contributed by atoms with E-state index >= 15 is 0 Å². The molecule has 19 heavy (non-hydrogen) atoms. The summed E-state index contributed by atoms with van der Waals surface area (Å²) in [7, 11) is 2.03. The minimum absolute atomic E-state index is 0.842. The Labute approximate surface area is 116 Å². The number of hydrogen-bond acceptors (Lipinski definition) is 3. The molecule has 106 valence electrons. The molecule has 2 heterocycles. The van der Waals surface area contributed by atoms with Crippen LogP contribution >= 0.6 is 0 Å². The van der Waals surface area contributed by atoms with Crippen LogP contribution in [0.15, 0.2) is 6.20 Å². The number of aromatic nitrogens is 2. The molecule has 1 aromatic heterocycles. The molecule has 0 amide bonds. The molecule has 1 aromatic rings. The van der Waals surface area contributed by atoms with Gasteiger partial charge < -0.3 is 5.32 Å². The van der Waals surface area contributed by atoms with Crippen LogP contribution in [0.25, 0.3) is 0 Å². The summed E-state index contributed by atoms with van der Waals surface area (Å²) < 4.78 is 1.99. The van der Waals surface area contributed by atoms with E-state index < -0.39 is 0 Å². The second-order valence-electron chi connectivity index (χ2n) is 6.23. The van der Waals surface area contributed by atoms with Crippen LogP contribution in [0, 0.1) is 12.8 Å². The standard InChI is InChI=1S/C15H26N4/c1-12-14(9-17-18(12)2)11-19(15-3-4-15)10-13-5-7-16-8-6-13/h9,13,15-16H,3-8,10-11H2,1-2H3. The molecule has 4 nitrogen and oxygen atoms in total. The summed E-state index contributed by atoms with van der Waals surface area (Å²) in [6.45, 7) is 6.96. The van der Waals surface area contributed by atoms with Gasteiger partial charge in [0.2, 0.25) is 0 Å². The summed E-state index contributed by atoms with van der Waals surface area (Å²) in [6.07, 6.45) is 7.52. The third-order valence-corrected chi connectivity index (χ3v) is 4.73. The van der Waals surface area contributed by atoms with Crippen LogP contribution in [-0.2, 0) is 13.6 Å². The normalized spacial score (nSPS) is 21.2. The van der Waals surface area contributed by atoms with E-state index in [2.05, 4.69) is 22.2 Å². The second kappa shape index (κ2) is 5.63. The summed E-state index contributed by atoms with van der Waals surface area (Å²) in [5.41, 5.74) is 2.72. The van der Waals surface area contributed by atoms with Crippen LogP contribution in [0.1, 0.15) is 36.9 Å². The Morgan fingerprint density at radius 2 is 2.05 bits per heavy atom. The van der Waals surface area contributed by atoms with Crippen LogP contribution in [0.5, 0.6) is 0 Å². The lowest BCUT2D eigenvalue weighted by molar-refractivity contribution is 0.190. The van der Waals surface area contributed by atoms with Gasteiger partial charge in [-0.1, -0.05) is 0 Å². The van der Waals surface area contributed by atoms with Crippen molar-refractivity contribution in [2.45, 2.75) is 45.2 Å². The Kier molecular flexibility index (Phi) is 3.89. The molecule has 0 aromatic carbocycles. The summed E-state index contributed by atoms with van der Waals surface area (Å²) >= 11 is 0. The highest BCUT2D eigenvalue weighted by Gasteiger charge is 2.31. The van der Waals surface area contributed by atoms with Crippen LogP contribution in [0.3, 0.4) is 0 Å². The zero-order chi connectivity index (χ0) is 13.2. The van der Waals surface area contributed by atoms with Gasteiger partial charge in [0, 0.05) is 37.4 Å². The van der Waals surface area contributed by atoms with Crippen LogP contribution < -0.4 is 5.32 Å². The molecule has 0 spiro atoms. The topological polar surface area (TPSA) is 33.1 Å². The highest BCUT2D eigenvalue weighted by molar-refractivity contribution is 5.16. The maximum atomic E-state index is 4.38. The second-order valence-corrected chi connectivity index (χ2v) is 6.23. The molecule has 2 aliphatic rings. The fourth-order valence-corrected chi connectivity index (χ4v) is 3.10. The van der Waals surface area contributed by atoms with E-state index in [-0.39, 0.29) is 0 Å². The van der Waals surface area contributed by atoms with Crippen molar-refractivity contribution >= 4 is 0 Å². The predicted octanol–water partition coefficient (Wildman–Crippen LogP) is 1.69. The number of aryl methyl sites for hydroxylation is 1. The number of nitrogens with zero attached hydrogens (tertiary/aromatic N) is 3. The van der Waals surface area contributed by atoms with Gasteiger partial charge in [0.15, 0.2) is 0 Å². The summed E-state index contributed by atoms with van der Waals surface area (Å²) in [4.78, 5) is 2.71. The van der Waals surface area contributed by atoms with Gasteiger partial charge in [-0.2, -0.15) is 5.10 Å². The maximum absolute atomic E-state index is 4.38. The summed E-state index contributed by atoms with van der Waals surface area (Å²) in [5, 5.41) is 7.84. The Bertz CT molecular complexity index is 416. The quantitative estimate of drug-likeness (QED) is 0.876. The van der Waals surface area contributed by atoms with E-state index in [9.17, 15) is 0 Å². The fourth-order valence-electron chi connectivity index (χ4n) is 3.10. The highest BCUT2D eigenvalue weighted by Crippen LogP contribution is 2.30. The molecule has 2 fully saturated rings. The van der Waals surface area contributed by atoms with Gasteiger partial charge in [0.1, 0.15) is 0 Å². The van der Waals surface area contributed by atoms with Crippen molar-refractivity contribution in [3.8, 4) is 0 Å². The predicted molar refractivity (Wildman–Crippen MR) is 77.0 cm³/mol. The molecule has 1 aliphatic heterocycles. The summed E-state index contributed by atoms with van der Waals surface area (Å²) in [6, 6.07) is 0.842. The van der Waals surface area contributed by atoms with Gasteiger partial charge in [-0.15, -0.1) is 0 Å². The molecule has 1 aliphatic carbocycles. The molecule has 1 N–H and O–H groups in total. The van der Waals surface area contributed by atoms with Crippen molar-refractivity contribution in [1.29, 1.82) is 0 Å². The molecule has 0 bridgehead atoms. The van der Waals surface area contributed by atoms with Gasteiger partial charge in [0.05, 0.1) is 6.20 Å². The molecule has 4 heteroatoms. The van der Waals surface area contributed by atoms with Crippen molar-refractivity contribution in [2.24, 2.45) is 13.0 Å². The van der Waals surface area contributed by atoms with Crippen molar-refractivity contribution in [3.05, 3.63) is 17.5 Å². The monoisotopic (exact) mass is 262 g/mol. The lowest BCUT2D eigenvalue weighted by Crippen LogP contribution is -2.37. The first-order valence-corrected chi connectivity index (χ1v) is 7.66. The van der Waals surface area contributed by atoms with Crippen molar-refractivity contribution in [2.75, 3.05) is 19.6 Å². The largest absolute Gasteiger partial charge is 0.317 e. The Hall–Kier alpha value is -0.870. The highest BCUT2D eigenvalue weighted by atomic mass is 15.3. The van der Waals surface area contributed by atoms with E-state index in [4.69, 9.17) is 0 Å². The van der Waals surface area contributed by atoms with Gasteiger partial charge in [-0.25, -0.2) is 0 Å². The first-order valence-electron chi connectivity index (χ1n) is 7.66. The minimum atomic E-state index is 0.842. The van der Waals surface area contributed by atoms with Crippen LogP contribution in [-0.4, -0.2) is 40.4 Å². The lowest BCUT2D eigenvalue weighted by Gasteiger charge is -2.30. The first-order chi connectivity index (χ1) is 9.24. The number of rotatable bonds is 5. The summed E-state index contributed by atoms with van der Waals surface area (Å²) in [5.74, 6) is 0.888. The molecule has 1 saturated heterocycles. The van der Waals surface area contributed by atoms with E-state index in [0.29, 0.717) is 0 Å². The van der Waals surface area contributed by atoms with Crippen molar-refractivity contribution in [3.63, 3.8) is 0 Å². The van der Waals surface area contributed by atoms with Gasteiger partial charge >= 0.3 is 0 Å². The number of hydrogen-bond donors (Lipinski definition) is 1. The zero-order valence-corrected chi connectivity index (χ0v) is 12.2. The van der Waals surface area contributed by atoms with E-state index in [1.165, 1.54) is 56.6 Å². The zero-order valence-electron chi connectivity index (χ0n) is 12.2. The minimum Gasteiger partial charge on any atom is -0.317 e. The van der Waals surface area contributed by atoms with Crippen LogP contribution in [0.4, 0.5) is 0 Å². The Morgan fingerprint density at radius 3 is 2.63 bits per heavy atom. The molecule has 3 rings (SSSR count). The van der Waals surface area contributed by atoms with E-state index in [0.717, 1.165) is 18.5 Å². The maximum Gasteiger partial charge on any atom is 0.0537 e. The average Bonchev–Trinajstić information content (AvgIpc) is 3.22. The third-order valence-electron chi connectivity index (χ3n) is 4.73. The van der Waals surface area contributed by atoms with Crippen molar-refractivity contribution < 1.29 is 0 Å². The molecule has 0 radical (unpaired) electrons. The fraction of sp³-hybridized carbons (Fsp3) is 0.800. The van der Waals surface area contributed by atoms with Crippen LogP contribution in [0.2, 0.25) is 0 Å². The van der Waals surface area contributed by atoms with Gasteiger partial charge in [-0.3, -0.25) is 9.58 Å². The Morgan fingerprint density at radius 1 is 1.32 bits per heavy atom. The molecular formula is C15H26N4. The smallest absolute Gasteiger partial charge is 0.0537 e. The first kappa shape index (κ1) is 13.1. The average molecular weight is 262 g/mol. The third kappa shape index (κ3) is 3.18. The lowest BCUT2D eigenvalue weighted by atomic mass is 9.97.